The minimum atomic E-state index is -3.47. The molecule has 1 aromatic carbocycles. The van der Waals surface area contributed by atoms with Gasteiger partial charge in [-0.15, -0.1) is 11.6 Å². The number of piperidine rings is 1. The van der Waals surface area contributed by atoms with Crippen molar-refractivity contribution in [3.8, 4) is 0 Å². The van der Waals surface area contributed by atoms with Crippen molar-refractivity contribution in [1.29, 1.82) is 0 Å². The molecule has 118 valence electrons. The van der Waals surface area contributed by atoms with Gasteiger partial charge in [0.2, 0.25) is 10.0 Å². The molecule has 1 aromatic rings. The molecule has 0 aliphatic carbocycles. The van der Waals surface area contributed by atoms with E-state index in [0.29, 0.717) is 28.3 Å². The predicted molar refractivity (Wildman–Crippen MR) is 90.2 cm³/mol. The number of sulfonamides is 1. The Hall–Kier alpha value is -0.100. The molecule has 1 fully saturated rings. The molecular weight excluding hydrogens is 374 g/mol. The first-order chi connectivity index (χ1) is 9.67. The van der Waals surface area contributed by atoms with Crippen molar-refractivity contribution in [1.82, 2.24) is 4.31 Å². The van der Waals surface area contributed by atoms with Crippen molar-refractivity contribution in [2.24, 2.45) is 5.41 Å². The maximum Gasteiger partial charge on any atom is 0.244 e. The van der Waals surface area contributed by atoms with Crippen LogP contribution in [0.25, 0.3) is 0 Å². The van der Waals surface area contributed by atoms with Crippen molar-refractivity contribution in [3.63, 3.8) is 0 Å². The fourth-order valence-electron chi connectivity index (χ4n) is 2.55. The number of nitrogens with zero attached hydrogens (tertiary/aromatic N) is 1. The lowest BCUT2D eigenvalue weighted by atomic mass is 9.83. The molecule has 0 amide bonds. The Labute approximate surface area is 140 Å². The van der Waals surface area contributed by atoms with Crippen LogP contribution in [0.4, 0.5) is 0 Å². The molecule has 0 N–H and O–H groups in total. The average Bonchev–Trinajstić information content (AvgIpc) is 2.41. The number of rotatable bonds is 3. The van der Waals surface area contributed by atoms with E-state index in [0.717, 1.165) is 24.0 Å². The van der Waals surface area contributed by atoms with E-state index < -0.39 is 10.0 Å². The fraction of sp³-hybridized carbons (Fsp3) is 0.600. The first kappa shape index (κ1) is 17.3. The molecule has 1 saturated heterocycles. The van der Waals surface area contributed by atoms with Gasteiger partial charge < -0.3 is 0 Å². The molecule has 0 atom stereocenters. The molecular formula is C15H21BrClNO2S. The van der Waals surface area contributed by atoms with Crippen molar-refractivity contribution in [3.05, 3.63) is 27.7 Å². The van der Waals surface area contributed by atoms with E-state index in [-0.39, 0.29) is 5.41 Å². The van der Waals surface area contributed by atoms with Crippen LogP contribution in [-0.4, -0.2) is 25.8 Å². The maximum atomic E-state index is 12.9. The zero-order chi connectivity index (χ0) is 15.8. The van der Waals surface area contributed by atoms with Crippen LogP contribution in [0.1, 0.15) is 37.8 Å². The van der Waals surface area contributed by atoms with E-state index in [4.69, 9.17) is 11.6 Å². The van der Waals surface area contributed by atoms with Crippen molar-refractivity contribution in [2.45, 2.75) is 44.4 Å². The van der Waals surface area contributed by atoms with E-state index in [9.17, 15) is 8.42 Å². The van der Waals surface area contributed by atoms with Crippen LogP contribution < -0.4 is 0 Å². The van der Waals surface area contributed by atoms with Crippen LogP contribution >= 0.6 is 27.5 Å². The molecule has 0 unspecified atom stereocenters. The first-order valence-electron chi connectivity index (χ1n) is 7.02. The van der Waals surface area contributed by atoms with Crippen molar-refractivity contribution in [2.75, 3.05) is 13.1 Å². The molecule has 21 heavy (non-hydrogen) atoms. The summed E-state index contributed by atoms with van der Waals surface area (Å²) in [6.07, 6.45) is 1.77. The third kappa shape index (κ3) is 3.63. The lowest BCUT2D eigenvalue weighted by molar-refractivity contribution is 0.196. The average molecular weight is 395 g/mol. The summed E-state index contributed by atoms with van der Waals surface area (Å²) in [6, 6.07) is 3.59. The molecule has 3 nitrogen and oxygen atoms in total. The minimum Gasteiger partial charge on any atom is -0.207 e. The maximum absolute atomic E-state index is 12.9. The Morgan fingerprint density at radius 1 is 1.29 bits per heavy atom. The zero-order valence-corrected chi connectivity index (χ0v) is 15.8. The molecule has 2 rings (SSSR count). The number of aryl methyl sites for hydroxylation is 1. The summed E-state index contributed by atoms with van der Waals surface area (Å²) in [6.45, 7) is 7.41. The van der Waals surface area contributed by atoms with Gasteiger partial charge in [-0.2, -0.15) is 4.31 Å². The van der Waals surface area contributed by atoms with Gasteiger partial charge in [0.1, 0.15) is 0 Å². The van der Waals surface area contributed by atoms with Gasteiger partial charge in [0.05, 0.1) is 4.90 Å². The number of hydrogen-bond donors (Lipinski definition) is 0. The van der Waals surface area contributed by atoms with Crippen molar-refractivity contribution < 1.29 is 8.42 Å². The summed E-state index contributed by atoms with van der Waals surface area (Å²) in [4.78, 5) is 0.331. The summed E-state index contributed by atoms with van der Waals surface area (Å²) in [7, 11) is -3.47. The highest BCUT2D eigenvalue weighted by atomic mass is 79.9. The smallest absolute Gasteiger partial charge is 0.207 e. The van der Waals surface area contributed by atoms with Gasteiger partial charge in [0.25, 0.3) is 0 Å². The standard InChI is InChI=1S/C15H21BrClNO2S/c1-11-8-12(10-17)9-13(14(11)16)21(19,20)18-6-4-15(2,3)5-7-18/h8-9H,4-7,10H2,1-3H3. The number of hydrogen-bond acceptors (Lipinski definition) is 2. The molecule has 1 aliphatic heterocycles. The van der Waals surface area contributed by atoms with E-state index >= 15 is 0 Å². The molecule has 1 heterocycles. The topological polar surface area (TPSA) is 37.4 Å². The van der Waals surface area contributed by atoms with Gasteiger partial charge in [-0.1, -0.05) is 19.9 Å². The quantitative estimate of drug-likeness (QED) is 0.716. The van der Waals surface area contributed by atoms with E-state index in [1.54, 1.807) is 10.4 Å². The molecule has 0 spiro atoms. The van der Waals surface area contributed by atoms with Crippen LogP contribution in [0.2, 0.25) is 0 Å². The highest BCUT2D eigenvalue weighted by Gasteiger charge is 2.34. The molecule has 1 aliphatic rings. The Balaban J connectivity index is 2.39. The van der Waals surface area contributed by atoms with Crippen LogP contribution in [0.5, 0.6) is 0 Å². The minimum absolute atomic E-state index is 0.219. The number of alkyl halides is 1. The molecule has 0 radical (unpaired) electrons. The van der Waals surface area contributed by atoms with Gasteiger partial charge in [-0.25, -0.2) is 8.42 Å². The van der Waals surface area contributed by atoms with Crippen LogP contribution in [-0.2, 0) is 15.9 Å². The number of benzene rings is 1. The Kier molecular flexibility index (Phi) is 5.08. The molecule has 0 bridgehead atoms. The van der Waals surface area contributed by atoms with Gasteiger partial charge in [-0.05, 0) is 58.3 Å². The molecule has 6 heteroatoms. The van der Waals surface area contributed by atoms with Crippen LogP contribution in [0, 0.1) is 12.3 Å². The van der Waals surface area contributed by atoms with Gasteiger partial charge >= 0.3 is 0 Å². The second-order valence-electron chi connectivity index (χ2n) is 6.43. The summed E-state index contributed by atoms with van der Waals surface area (Å²) in [5, 5.41) is 0. The van der Waals surface area contributed by atoms with Crippen molar-refractivity contribution >= 4 is 37.6 Å². The lowest BCUT2D eigenvalue weighted by Gasteiger charge is -2.36. The summed E-state index contributed by atoms with van der Waals surface area (Å²) in [5.74, 6) is 0.309. The molecule has 0 saturated carbocycles. The lowest BCUT2D eigenvalue weighted by Crippen LogP contribution is -2.41. The van der Waals surface area contributed by atoms with Gasteiger partial charge in [0, 0.05) is 23.4 Å². The Morgan fingerprint density at radius 2 is 1.86 bits per heavy atom. The van der Waals surface area contributed by atoms with E-state index in [1.807, 2.05) is 13.0 Å². The van der Waals surface area contributed by atoms with E-state index in [1.165, 1.54) is 0 Å². The largest absolute Gasteiger partial charge is 0.244 e. The van der Waals surface area contributed by atoms with E-state index in [2.05, 4.69) is 29.8 Å². The Morgan fingerprint density at radius 3 is 2.38 bits per heavy atom. The first-order valence-corrected chi connectivity index (χ1v) is 9.79. The normalized spacial score (nSPS) is 19.7. The van der Waals surface area contributed by atoms with Gasteiger partial charge in [-0.3, -0.25) is 0 Å². The van der Waals surface area contributed by atoms with Crippen LogP contribution in [0.15, 0.2) is 21.5 Å². The second-order valence-corrected chi connectivity index (χ2v) is 9.39. The highest BCUT2D eigenvalue weighted by Crippen LogP contribution is 2.35. The summed E-state index contributed by atoms with van der Waals surface area (Å²) >= 11 is 9.29. The molecule has 0 aromatic heterocycles. The second kappa shape index (κ2) is 6.19. The predicted octanol–water partition coefficient (Wildman–Crippen LogP) is 4.31. The summed E-state index contributed by atoms with van der Waals surface area (Å²) in [5.41, 5.74) is 1.94. The SMILES string of the molecule is Cc1cc(CCl)cc(S(=O)(=O)N2CCC(C)(C)CC2)c1Br. The Bertz CT molecular complexity index is 633. The third-order valence-electron chi connectivity index (χ3n) is 4.13. The fourth-order valence-corrected chi connectivity index (χ4v) is 5.17. The highest BCUT2D eigenvalue weighted by molar-refractivity contribution is 9.10. The van der Waals surface area contributed by atoms with Gasteiger partial charge in [0.15, 0.2) is 0 Å². The number of halogens is 2. The summed E-state index contributed by atoms with van der Waals surface area (Å²) < 4.78 is 28.0. The monoisotopic (exact) mass is 393 g/mol. The van der Waals surface area contributed by atoms with Crippen LogP contribution in [0.3, 0.4) is 0 Å². The zero-order valence-electron chi connectivity index (χ0n) is 12.6. The third-order valence-corrected chi connectivity index (χ3v) is 7.68.